The second-order valence-corrected chi connectivity index (χ2v) is 5.98. The van der Waals surface area contributed by atoms with Gasteiger partial charge < -0.3 is 10.2 Å². The molecule has 2 heterocycles. The summed E-state index contributed by atoms with van der Waals surface area (Å²) in [6.45, 7) is 8.34. The minimum atomic E-state index is 0.495. The lowest BCUT2D eigenvalue weighted by Crippen LogP contribution is -2.23. The van der Waals surface area contributed by atoms with Gasteiger partial charge in [0, 0.05) is 30.5 Å². The molecule has 1 N–H and O–H groups in total. The van der Waals surface area contributed by atoms with Crippen LogP contribution >= 0.6 is 0 Å². The highest BCUT2D eigenvalue weighted by Gasteiger charge is 2.20. The molecule has 1 aromatic carbocycles. The van der Waals surface area contributed by atoms with E-state index in [1.165, 1.54) is 16.8 Å². The molecule has 110 valence electrons. The van der Waals surface area contributed by atoms with Crippen LogP contribution in [-0.4, -0.2) is 17.6 Å². The summed E-state index contributed by atoms with van der Waals surface area (Å²) in [5.74, 6) is 1.06. The van der Waals surface area contributed by atoms with Gasteiger partial charge in [-0.25, -0.2) is 4.98 Å². The minimum absolute atomic E-state index is 0.495. The van der Waals surface area contributed by atoms with Crippen LogP contribution in [0.3, 0.4) is 0 Å². The van der Waals surface area contributed by atoms with Gasteiger partial charge in [0.25, 0.3) is 0 Å². The monoisotopic (exact) mass is 281 g/mol. The van der Waals surface area contributed by atoms with Gasteiger partial charge in [-0.3, -0.25) is 0 Å². The summed E-state index contributed by atoms with van der Waals surface area (Å²) in [5.41, 5.74) is 5.12. The first-order valence-corrected chi connectivity index (χ1v) is 7.70. The van der Waals surface area contributed by atoms with Crippen LogP contribution in [0.5, 0.6) is 0 Å². The van der Waals surface area contributed by atoms with Crippen molar-refractivity contribution in [2.24, 2.45) is 0 Å². The number of aryl methyl sites for hydroxylation is 1. The topological polar surface area (TPSA) is 28.2 Å². The van der Waals surface area contributed by atoms with Crippen molar-refractivity contribution in [3.63, 3.8) is 0 Å². The van der Waals surface area contributed by atoms with Crippen LogP contribution in [0.25, 0.3) is 0 Å². The smallest absolute Gasteiger partial charge is 0.133 e. The SMILES string of the molecule is Cc1nc(N2CCc3ccccc32)ccc1CNC(C)C. The predicted molar refractivity (Wildman–Crippen MR) is 88.1 cm³/mol. The molecule has 3 heteroatoms. The molecule has 0 radical (unpaired) electrons. The Hall–Kier alpha value is -1.87. The zero-order chi connectivity index (χ0) is 14.8. The van der Waals surface area contributed by atoms with Crippen LogP contribution in [0, 0.1) is 6.92 Å². The van der Waals surface area contributed by atoms with Gasteiger partial charge in [-0.15, -0.1) is 0 Å². The van der Waals surface area contributed by atoms with Crippen LogP contribution in [0.2, 0.25) is 0 Å². The van der Waals surface area contributed by atoms with E-state index in [9.17, 15) is 0 Å². The second kappa shape index (κ2) is 5.86. The largest absolute Gasteiger partial charge is 0.326 e. The van der Waals surface area contributed by atoms with Gasteiger partial charge in [0.15, 0.2) is 0 Å². The Balaban J connectivity index is 1.83. The molecule has 0 spiro atoms. The number of nitrogens with zero attached hydrogens (tertiary/aromatic N) is 2. The van der Waals surface area contributed by atoms with Gasteiger partial charge >= 0.3 is 0 Å². The fraction of sp³-hybridized carbons (Fsp3) is 0.389. The Morgan fingerprint density at radius 1 is 1.19 bits per heavy atom. The second-order valence-electron chi connectivity index (χ2n) is 5.98. The van der Waals surface area contributed by atoms with Gasteiger partial charge in [-0.05, 0) is 36.6 Å². The molecule has 0 atom stereocenters. The molecule has 0 bridgehead atoms. The van der Waals surface area contributed by atoms with E-state index in [2.05, 4.69) is 67.4 Å². The lowest BCUT2D eigenvalue weighted by Gasteiger charge is -2.20. The normalized spacial score (nSPS) is 13.8. The first-order chi connectivity index (χ1) is 10.1. The van der Waals surface area contributed by atoms with E-state index in [-0.39, 0.29) is 0 Å². The van der Waals surface area contributed by atoms with Crippen LogP contribution in [0.15, 0.2) is 36.4 Å². The molecule has 1 aliphatic rings. The number of aromatic nitrogens is 1. The number of fused-ring (bicyclic) bond motifs is 1. The van der Waals surface area contributed by atoms with Crippen molar-refractivity contribution in [1.29, 1.82) is 0 Å². The van der Waals surface area contributed by atoms with Crippen LogP contribution in [-0.2, 0) is 13.0 Å². The van der Waals surface area contributed by atoms with E-state index in [1.807, 2.05) is 0 Å². The third-order valence-electron chi connectivity index (χ3n) is 4.05. The zero-order valence-corrected chi connectivity index (χ0v) is 13.1. The quantitative estimate of drug-likeness (QED) is 0.928. The fourth-order valence-corrected chi connectivity index (χ4v) is 2.80. The number of hydrogen-bond donors (Lipinski definition) is 1. The van der Waals surface area contributed by atoms with Crippen molar-refractivity contribution < 1.29 is 0 Å². The molecule has 3 rings (SSSR count). The number of para-hydroxylation sites is 1. The molecule has 3 nitrogen and oxygen atoms in total. The fourth-order valence-electron chi connectivity index (χ4n) is 2.80. The average Bonchev–Trinajstić information content (AvgIpc) is 2.89. The number of hydrogen-bond acceptors (Lipinski definition) is 3. The molecule has 0 saturated heterocycles. The first-order valence-electron chi connectivity index (χ1n) is 7.70. The maximum absolute atomic E-state index is 4.82. The molecule has 0 saturated carbocycles. The molecule has 0 aliphatic carbocycles. The molecule has 0 unspecified atom stereocenters. The molecule has 0 amide bonds. The Morgan fingerprint density at radius 3 is 2.76 bits per heavy atom. The molecule has 1 aromatic heterocycles. The van der Waals surface area contributed by atoms with Gasteiger partial charge in [0.1, 0.15) is 5.82 Å². The Morgan fingerprint density at radius 2 is 2.00 bits per heavy atom. The van der Waals surface area contributed by atoms with Crippen molar-refractivity contribution in [3.05, 3.63) is 53.2 Å². The van der Waals surface area contributed by atoms with Crippen LogP contribution < -0.4 is 10.2 Å². The van der Waals surface area contributed by atoms with Crippen molar-refractivity contribution in [2.45, 2.75) is 39.8 Å². The van der Waals surface area contributed by atoms with E-state index in [1.54, 1.807) is 0 Å². The van der Waals surface area contributed by atoms with Crippen LogP contribution in [0.1, 0.15) is 30.7 Å². The third-order valence-corrected chi connectivity index (χ3v) is 4.05. The lowest BCUT2D eigenvalue weighted by molar-refractivity contribution is 0.586. The summed E-state index contributed by atoms with van der Waals surface area (Å²) < 4.78 is 0. The predicted octanol–water partition coefficient (Wildman–Crippen LogP) is 3.58. The highest BCUT2D eigenvalue weighted by molar-refractivity contribution is 5.67. The Bertz CT molecular complexity index is 634. The minimum Gasteiger partial charge on any atom is -0.326 e. The van der Waals surface area contributed by atoms with Gasteiger partial charge in [-0.2, -0.15) is 0 Å². The first kappa shape index (κ1) is 14.1. The number of pyridine rings is 1. The zero-order valence-electron chi connectivity index (χ0n) is 13.1. The average molecular weight is 281 g/mol. The van der Waals surface area contributed by atoms with E-state index < -0.39 is 0 Å². The highest BCUT2D eigenvalue weighted by Crippen LogP contribution is 2.33. The Kier molecular flexibility index (Phi) is 3.93. The summed E-state index contributed by atoms with van der Waals surface area (Å²) in [5, 5.41) is 3.45. The molecule has 21 heavy (non-hydrogen) atoms. The number of benzene rings is 1. The summed E-state index contributed by atoms with van der Waals surface area (Å²) in [6, 6.07) is 13.5. The van der Waals surface area contributed by atoms with E-state index in [0.29, 0.717) is 6.04 Å². The van der Waals surface area contributed by atoms with Crippen LogP contribution in [0.4, 0.5) is 11.5 Å². The summed E-state index contributed by atoms with van der Waals surface area (Å²) >= 11 is 0. The number of anilines is 2. The van der Waals surface area contributed by atoms with Gasteiger partial charge in [-0.1, -0.05) is 38.1 Å². The maximum atomic E-state index is 4.82. The highest BCUT2D eigenvalue weighted by atomic mass is 15.2. The van der Waals surface area contributed by atoms with Crippen molar-refractivity contribution in [1.82, 2.24) is 10.3 Å². The van der Waals surface area contributed by atoms with E-state index in [4.69, 9.17) is 4.98 Å². The summed E-state index contributed by atoms with van der Waals surface area (Å²) in [6.07, 6.45) is 1.10. The molecule has 1 aliphatic heterocycles. The molecule has 0 fully saturated rings. The standard InChI is InChI=1S/C18H23N3/c1-13(2)19-12-16-8-9-18(20-14(16)3)21-11-10-15-6-4-5-7-17(15)21/h4-9,13,19H,10-12H2,1-3H3. The number of nitrogens with one attached hydrogen (secondary N) is 1. The number of rotatable bonds is 4. The lowest BCUT2D eigenvalue weighted by atomic mass is 10.1. The van der Waals surface area contributed by atoms with Gasteiger partial charge in [0.05, 0.1) is 0 Å². The van der Waals surface area contributed by atoms with Crippen molar-refractivity contribution in [3.8, 4) is 0 Å². The maximum Gasteiger partial charge on any atom is 0.133 e. The van der Waals surface area contributed by atoms with E-state index in [0.717, 1.165) is 31.0 Å². The summed E-state index contributed by atoms with van der Waals surface area (Å²) in [4.78, 5) is 7.14. The Labute approximate surface area is 127 Å². The van der Waals surface area contributed by atoms with Crippen molar-refractivity contribution in [2.75, 3.05) is 11.4 Å². The van der Waals surface area contributed by atoms with Gasteiger partial charge in [0.2, 0.25) is 0 Å². The molecular formula is C18H23N3. The molecule has 2 aromatic rings. The molecular weight excluding hydrogens is 258 g/mol. The third kappa shape index (κ3) is 2.93. The summed E-state index contributed by atoms with van der Waals surface area (Å²) in [7, 11) is 0. The van der Waals surface area contributed by atoms with Crippen molar-refractivity contribution >= 4 is 11.5 Å². The van der Waals surface area contributed by atoms with E-state index >= 15 is 0 Å².